The topological polar surface area (TPSA) is 108 Å². The summed E-state index contributed by atoms with van der Waals surface area (Å²) in [5, 5.41) is 13.9. The van der Waals surface area contributed by atoms with Crippen LogP contribution in [-0.2, 0) is 18.4 Å². The molecule has 3 unspecified atom stereocenters. The van der Waals surface area contributed by atoms with E-state index in [1.54, 1.807) is 0 Å². The van der Waals surface area contributed by atoms with Crippen LogP contribution in [-0.4, -0.2) is 68.5 Å². The number of phosphoric ester groups is 1. The van der Waals surface area contributed by atoms with Crippen LogP contribution >= 0.6 is 7.82 Å². The van der Waals surface area contributed by atoms with Crippen LogP contribution in [0, 0.1) is 0 Å². The molecule has 57 heavy (non-hydrogen) atoms. The minimum atomic E-state index is -4.57. The van der Waals surface area contributed by atoms with Gasteiger partial charge in [0, 0.05) is 6.42 Å². The van der Waals surface area contributed by atoms with E-state index in [2.05, 4.69) is 67.8 Å². The van der Waals surface area contributed by atoms with Gasteiger partial charge >= 0.3 is 0 Å². The first kappa shape index (κ1) is 55.5. The zero-order valence-electron chi connectivity index (χ0n) is 37.8. The van der Waals surface area contributed by atoms with Crippen LogP contribution in [0.4, 0.5) is 0 Å². The quantitative estimate of drug-likeness (QED) is 0.0275. The average Bonchev–Trinajstić information content (AvgIpc) is 3.16. The van der Waals surface area contributed by atoms with Crippen molar-refractivity contribution in [2.75, 3.05) is 40.9 Å². The summed E-state index contributed by atoms with van der Waals surface area (Å²) in [7, 11) is 1.29. The number of amides is 1. The first-order valence-corrected chi connectivity index (χ1v) is 24.9. The molecule has 2 N–H and O–H groups in total. The molecule has 8 nitrogen and oxygen atoms in total. The maximum absolute atomic E-state index is 12.9. The Hall–Kier alpha value is -1.54. The van der Waals surface area contributed by atoms with E-state index in [1.807, 2.05) is 21.1 Å². The monoisotopic (exact) mass is 823 g/mol. The lowest BCUT2D eigenvalue weighted by molar-refractivity contribution is -0.870. The van der Waals surface area contributed by atoms with Crippen LogP contribution in [0.1, 0.15) is 200 Å². The largest absolute Gasteiger partial charge is 0.756 e. The van der Waals surface area contributed by atoms with E-state index in [9.17, 15) is 19.4 Å². The molecule has 0 spiro atoms. The summed E-state index contributed by atoms with van der Waals surface area (Å²) in [5.74, 6) is -0.180. The van der Waals surface area contributed by atoms with Gasteiger partial charge < -0.3 is 28.8 Å². The fraction of sp³-hybridized carbons (Fsp3) is 0.812. The van der Waals surface area contributed by atoms with Gasteiger partial charge in [0.1, 0.15) is 13.2 Å². The van der Waals surface area contributed by atoms with E-state index in [4.69, 9.17) is 9.05 Å². The van der Waals surface area contributed by atoms with Crippen LogP contribution in [0.5, 0.6) is 0 Å². The molecule has 0 saturated carbocycles. The van der Waals surface area contributed by atoms with Crippen LogP contribution in [0.15, 0.2) is 48.6 Å². The second-order valence-corrected chi connectivity index (χ2v) is 18.5. The van der Waals surface area contributed by atoms with E-state index in [-0.39, 0.29) is 19.1 Å². The van der Waals surface area contributed by atoms with E-state index >= 15 is 0 Å². The Morgan fingerprint density at radius 2 is 1.07 bits per heavy atom. The number of hydrogen-bond acceptors (Lipinski definition) is 6. The van der Waals surface area contributed by atoms with E-state index in [1.165, 1.54) is 96.3 Å². The maximum atomic E-state index is 12.9. The van der Waals surface area contributed by atoms with Crippen molar-refractivity contribution in [3.05, 3.63) is 48.6 Å². The summed E-state index contributed by atoms with van der Waals surface area (Å²) in [4.78, 5) is 25.4. The lowest BCUT2D eigenvalue weighted by atomic mass is 10.0. The number of carbonyl (C=O) groups excluding carboxylic acids is 1. The van der Waals surface area contributed by atoms with E-state index in [0.717, 1.165) is 77.0 Å². The van der Waals surface area contributed by atoms with Gasteiger partial charge in [0.05, 0.1) is 39.9 Å². The average molecular weight is 823 g/mol. The summed E-state index contributed by atoms with van der Waals surface area (Å²) in [6, 6.07) is -0.809. The highest BCUT2D eigenvalue weighted by atomic mass is 31.2. The van der Waals surface area contributed by atoms with Crippen LogP contribution < -0.4 is 10.2 Å². The van der Waals surface area contributed by atoms with Gasteiger partial charge in [-0.3, -0.25) is 9.36 Å². The van der Waals surface area contributed by atoms with Gasteiger partial charge in [-0.2, -0.15) is 0 Å². The molecule has 0 aliphatic rings. The molecule has 0 aliphatic heterocycles. The molecule has 0 aromatic rings. The second kappa shape index (κ2) is 39.9. The molecule has 334 valence electrons. The number of aliphatic hydroxyl groups excluding tert-OH is 1. The molecular weight excluding hydrogens is 732 g/mol. The lowest BCUT2D eigenvalue weighted by Gasteiger charge is -2.30. The van der Waals surface area contributed by atoms with Gasteiger partial charge in [-0.25, -0.2) is 0 Å². The van der Waals surface area contributed by atoms with Crippen molar-refractivity contribution in [2.24, 2.45) is 0 Å². The molecule has 0 aromatic heterocycles. The normalized spacial score (nSPS) is 14.7. The van der Waals surface area contributed by atoms with Crippen molar-refractivity contribution < 1.29 is 32.9 Å². The van der Waals surface area contributed by atoms with Crippen LogP contribution in [0.3, 0.4) is 0 Å². The zero-order chi connectivity index (χ0) is 42.1. The number of nitrogens with one attached hydrogen (secondary N) is 1. The van der Waals surface area contributed by atoms with Crippen molar-refractivity contribution in [2.45, 2.75) is 212 Å². The standard InChI is InChI=1S/C48H91N2O6P/c1-6-8-10-12-14-16-18-20-22-24-25-26-28-30-32-34-36-38-40-42-48(52)49-46(45-56-57(53,54)55-44-43-50(3,4)5)47(51)41-39-37-35-33-31-29-27-23-21-19-17-15-13-11-9-7-2/h8,10,14,16,20,22,25-26,46-47,51H,6-7,9,11-13,15,17-19,21,23-24,27-45H2,1-5H3,(H-,49,52,53,54)/b10-8-,16-14-,22-20-,26-25-. The highest BCUT2D eigenvalue weighted by Crippen LogP contribution is 2.38. The van der Waals surface area contributed by atoms with E-state index < -0.39 is 20.0 Å². The minimum absolute atomic E-state index is 0.00743. The maximum Gasteiger partial charge on any atom is 0.268 e. The van der Waals surface area contributed by atoms with Crippen molar-refractivity contribution >= 4 is 13.7 Å². The molecule has 0 aliphatic carbocycles. The van der Waals surface area contributed by atoms with Crippen molar-refractivity contribution in [3.63, 3.8) is 0 Å². The van der Waals surface area contributed by atoms with Gasteiger partial charge in [0.2, 0.25) is 5.91 Å². The third-order valence-electron chi connectivity index (χ3n) is 10.3. The summed E-state index contributed by atoms with van der Waals surface area (Å²) in [6.07, 6.45) is 49.7. The predicted molar refractivity (Wildman–Crippen MR) is 242 cm³/mol. The number of phosphoric acid groups is 1. The van der Waals surface area contributed by atoms with Crippen LogP contribution in [0.25, 0.3) is 0 Å². The lowest BCUT2D eigenvalue weighted by Crippen LogP contribution is -2.46. The van der Waals surface area contributed by atoms with Crippen molar-refractivity contribution in [1.29, 1.82) is 0 Å². The number of nitrogens with zero attached hydrogens (tertiary/aromatic N) is 1. The molecule has 9 heteroatoms. The highest BCUT2D eigenvalue weighted by Gasteiger charge is 2.24. The number of quaternary nitrogens is 1. The minimum Gasteiger partial charge on any atom is -0.756 e. The Kier molecular flexibility index (Phi) is 38.8. The number of rotatable bonds is 42. The fourth-order valence-electron chi connectivity index (χ4n) is 6.62. The third-order valence-corrected chi connectivity index (χ3v) is 11.3. The number of allylic oxidation sites excluding steroid dienone is 8. The summed E-state index contributed by atoms with van der Waals surface area (Å²) in [6.45, 7) is 4.59. The molecule has 0 heterocycles. The summed E-state index contributed by atoms with van der Waals surface area (Å²) < 4.78 is 23.3. The molecule has 0 saturated heterocycles. The van der Waals surface area contributed by atoms with Gasteiger partial charge in [0.15, 0.2) is 0 Å². The number of aliphatic hydroxyl groups is 1. The summed E-state index contributed by atoms with van der Waals surface area (Å²) >= 11 is 0. The molecule has 3 atom stereocenters. The highest BCUT2D eigenvalue weighted by molar-refractivity contribution is 7.45. The van der Waals surface area contributed by atoms with Gasteiger partial charge in [-0.05, 0) is 51.4 Å². The number of likely N-dealkylation sites (N-methyl/N-ethyl adjacent to an activating group) is 1. The molecule has 0 radical (unpaired) electrons. The fourth-order valence-corrected chi connectivity index (χ4v) is 7.34. The first-order chi connectivity index (χ1) is 27.5. The Labute approximate surface area is 352 Å². The second-order valence-electron chi connectivity index (χ2n) is 17.1. The molecule has 0 fully saturated rings. The molecular formula is C48H91N2O6P. The number of carbonyl (C=O) groups is 1. The molecule has 0 bridgehead atoms. The van der Waals surface area contributed by atoms with Crippen LogP contribution in [0.2, 0.25) is 0 Å². The Balaban J connectivity index is 4.36. The predicted octanol–water partition coefficient (Wildman–Crippen LogP) is 12.6. The van der Waals surface area contributed by atoms with Gasteiger partial charge in [0.25, 0.3) is 7.82 Å². The molecule has 0 aromatic carbocycles. The Morgan fingerprint density at radius 3 is 1.56 bits per heavy atom. The van der Waals surface area contributed by atoms with Gasteiger partial charge in [-0.15, -0.1) is 0 Å². The van der Waals surface area contributed by atoms with Crippen molar-refractivity contribution in [3.8, 4) is 0 Å². The van der Waals surface area contributed by atoms with E-state index in [0.29, 0.717) is 23.9 Å². The Bertz CT molecular complexity index is 1070. The van der Waals surface area contributed by atoms with Gasteiger partial charge in [-0.1, -0.05) is 191 Å². The number of hydrogen-bond donors (Lipinski definition) is 2. The summed E-state index contributed by atoms with van der Waals surface area (Å²) in [5.41, 5.74) is 0. The number of unbranched alkanes of at least 4 members (excludes halogenated alkanes) is 21. The molecule has 0 rings (SSSR count). The Morgan fingerprint density at radius 1 is 0.632 bits per heavy atom. The SMILES string of the molecule is CC/C=C\C/C=C\C/C=C\C/C=C\CCCCCCCCC(=O)NC(COP(=O)([O-])OCC[N+](C)(C)C)C(O)CCCCCCCCCCCCCCCCCC. The smallest absolute Gasteiger partial charge is 0.268 e. The van der Waals surface area contributed by atoms with Crippen molar-refractivity contribution in [1.82, 2.24) is 5.32 Å². The molecule has 1 amide bonds. The third kappa shape index (κ3) is 42.4. The first-order valence-electron chi connectivity index (χ1n) is 23.5. The zero-order valence-corrected chi connectivity index (χ0v) is 38.7.